The van der Waals surface area contributed by atoms with Gasteiger partial charge in [0.1, 0.15) is 0 Å². The minimum Gasteiger partial charge on any atom is -0.335 e. The molecule has 2 fully saturated rings. The van der Waals surface area contributed by atoms with Crippen LogP contribution >= 0.6 is 0 Å². The highest BCUT2D eigenvalue weighted by molar-refractivity contribution is 5.95. The minimum absolute atomic E-state index is 0.0302. The molecule has 1 saturated carbocycles. The number of rotatable bonds is 4. The van der Waals surface area contributed by atoms with E-state index < -0.39 is 0 Å². The fourth-order valence-electron chi connectivity index (χ4n) is 3.79. The number of nitrogens with zero attached hydrogens (tertiary/aromatic N) is 1. The van der Waals surface area contributed by atoms with Gasteiger partial charge in [0.2, 0.25) is 11.8 Å². The summed E-state index contributed by atoms with van der Waals surface area (Å²) in [5.41, 5.74) is 0.753. The second-order valence-electron chi connectivity index (χ2n) is 6.71. The molecule has 2 amide bonds. The monoisotopic (exact) mass is 315 g/mol. The largest absolute Gasteiger partial charge is 0.335 e. The fourth-order valence-corrected chi connectivity index (χ4v) is 3.79. The van der Waals surface area contributed by atoms with E-state index >= 15 is 0 Å². The summed E-state index contributed by atoms with van der Waals surface area (Å²) in [4.78, 5) is 26.2. The zero-order valence-corrected chi connectivity index (χ0v) is 13.6. The van der Waals surface area contributed by atoms with Crippen molar-refractivity contribution in [1.82, 2.24) is 10.2 Å². The van der Waals surface area contributed by atoms with Crippen molar-refractivity contribution in [1.29, 1.82) is 0 Å². The van der Waals surface area contributed by atoms with Crippen LogP contribution in [0.15, 0.2) is 30.3 Å². The summed E-state index contributed by atoms with van der Waals surface area (Å²) in [6.45, 7) is 0.0846. The van der Waals surface area contributed by atoms with Gasteiger partial charge in [-0.1, -0.05) is 31.0 Å². The SMILES string of the molecule is CN(CC(=O)Nc1ccccc1)C(=O)C1CC2CCCCC2N1. The van der Waals surface area contributed by atoms with Crippen LogP contribution in [0, 0.1) is 5.92 Å². The fraction of sp³-hybridized carbons (Fsp3) is 0.556. The first-order chi connectivity index (χ1) is 11.1. The van der Waals surface area contributed by atoms with Crippen LogP contribution in [0.2, 0.25) is 0 Å². The van der Waals surface area contributed by atoms with Crippen LogP contribution in [0.4, 0.5) is 5.69 Å². The van der Waals surface area contributed by atoms with Crippen molar-refractivity contribution >= 4 is 17.5 Å². The molecule has 3 unspecified atom stereocenters. The van der Waals surface area contributed by atoms with E-state index in [1.165, 1.54) is 30.6 Å². The Balaban J connectivity index is 1.50. The first-order valence-electron chi connectivity index (χ1n) is 8.49. The molecule has 1 aliphatic carbocycles. The lowest BCUT2D eigenvalue weighted by Gasteiger charge is -2.24. The predicted molar refractivity (Wildman–Crippen MR) is 90.0 cm³/mol. The molecule has 2 aliphatic rings. The Labute approximate surface area is 137 Å². The molecule has 5 heteroatoms. The number of hydrogen-bond donors (Lipinski definition) is 2. The Bertz CT molecular complexity index is 547. The Morgan fingerprint density at radius 3 is 2.70 bits per heavy atom. The third-order valence-corrected chi connectivity index (χ3v) is 4.98. The molecule has 5 nitrogen and oxygen atoms in total. The normalized spacial score (nSPS) is 26.4. The summed E-state index contributed by atoms with van der Waals surface area (Å²) in [5, 5.41) is 6.29. The van der Waals surface area contributed by atoms with Crippen molar-refractivity contribution in [2.45, 2.75) is 44.2 Å². The van der Waals surface area contributed by atoms with Crippen LogP contribution in [0.3, 0.4) is 0 Å². The smallest absolute Gasteiger partial charge is 0.243 e. The van der Waals surface area contributed by atoms with E-state index in [1.807, 2.05) is 30.3 Å². The third-order valence-electron chi connectivity index (χ3n) is 4.98. The number of anilines is 1. The third kappa shape index (κ3) is 3.91. The molecular formula is C18H25N3O2. The average Bonchev–Trinajstić information content (AvgIpc) is 2.98. The van der Waals surface area contributed by atoms with Crippen molar-refractivity contribution in [3.8, 4) is 0 Å². The molecule has 124 valence electrons. The first kappa shape index (κ1) is 16.0. The van der Waals surface area contributed by atoms with E-state index in [2.05, 4.69) is 10.6 Å². The Morgan fingerprint density at radius 1 is 1.22 bits per heavy atom. The number of carbonyl (C=O) groups is 2. The molecule has 1 aromatic carbocycles. The van der Waals surface area contributed by atoms with Crippen molar-refractivity contribution in [2.75, 3.05) is 18.9 Å². The van der Waals surface area contributed by atoms with Gasteiger partial charge in [0.05, 0.1) is 12.6 Å². The number of benzene rings is 1. The lowest BCUT2D eigenvalue weighted by Crippen LogP contribution is -2.46. The van der Waals surface area contributed by atoms with E-state index in [9.17, 15) is 9.59 Å². The topological polar surface area (TPSA) is 61.4 Å². The van der Waals surface area contributed by atoms with E-state index in [4.69, 9.17) is 0 Å². The van der Waals surface area contributed by atoms with Gasteiger partial charge in [0.15, 0.2) is 0 Å². The number of likely N-dealkylation sites (N-methyl/N-ethyl adjacent to an activating group) is 1. The maximum absolute atomic E-state index is 12.6. The minimum atomic E-state index is -0.164. The van der Waals surface area contributed by atoms with Crippen LogP contribution in [-0.2, 0) is 9.59 Å². The van der Waals surface area contributed by atoms with Crippen LogP contribution < -0.4 is 10.6 Å². The molecule has 1 aromatic rings. The molecule has 1 saturated heterocycles. The highest BCUT2D eigenvalue weighted by Gasteiger charge is 2.39. The van der Waals surface area contributed by atoms with Crippen LogP contribution in [0.5, 0.6) is 0 Å². The summed E-state index contributed by atoms with van der Waals surface area (Å²) >= 11 is 0. The highest BCUT2D eigenvalue weighted by atomic mass is 16.2. The molecule has 0 bridgehead atoms. The van der Waals surface area contributed by atoms with Gasteiger partial charge in [-0.2, -0.15) is 0 Å². The average molecular weight is 315 g/mol. The maximum atomic E-state index is 12.6. The van der Waals surface area contributed by atoms with E-state index in [0.29, 0.717) is 12.0 Å². The summed E-state index contributed by atoms with van der Waals surface area (Å²) in [5.74, 6) is 0.495. The van der Waals surface area contributed by atoms with Crippen molar-refractivity contribution in [2.24, 2.45) is 5.92 Å². The number of para-hydroxylation sites is 1. The standard InChI is InChI=1S/C18H25N3O2/c1-21(12-17(22)19-14-8-3-2-4-9-14)18(23)16-11-13-7-5-6-10-15(13)20-16/h2-4,8-9,13,15-16,20H,5-7,10-12H2,1H3,(H,19,22). The zero-order chi connectivity index (χ0) is 16.2. The Morgan fingerprint density at radius 2 is 1.96 bits per heavy atom. The zero-order valence-electron chi connectivity index (χ0n) is 13.6. The van der Waals surface area contributed by atoms with Crippen molar-refractivity contribution in [3.05, 3.63) is 30.3 Å². The molecule has 0 aromatic heterocycles. The molecule has 0 radical (unpaired) electrons. The van der Waals surface area contributed by atoms with Gasteiger partial charge in [-0.15, -0.1) is 0 Å². The molecule has 3 atom stereocenters. The molecule has 3 rings (SSSR count). The molecular weight excluding hydrogens is 290 g/mol. The maximum Gasteiger partial charge on any atom is 0.243 e. The van der Waals surface area contributed by atoms with E-state index in [-0.39, 0.29) is 24.4 Å². The van der Waals surface area contributed by atoms with E-state index in [0.717, 1.165) is 12.1 Å². The quantitative estimate of drug-likeness (QED) is 0.893. The number of fused-ring (bicyclic) bond motifs is 1. The molecule has 23 heavy (non-hydrogen) atoms. The summed E-state index contributed by atoms with van der Waals surface area (Å²) in [7, 11) is 1.70. The molecule has 2 N–H and O–H groups in total. The summed E-state index contributed by atoms with van der Waals surface area (Å²) in [6, 6.07) is 9.67. The van der Waals surface area contributed by atoms with Crippen molar-refractivity contribution < 1.29 is 9.59 Å². The summed E-state index contributed by atoms with van der Waals surface area (Å²) in [6.07, 6.45) is 5.84. The lowest BCUT2D eigenvalue weighted by molar-refractivity contribution is -0.134. The van der Waals surface area contributed by atoms with Crippen LogP contribution in [0.25, 0.3) is 0 Å². The van der Waals surface area contributed by atoms with Gasteiger partial charge < -0.3 is 15.5 Å². The van der Waals surface area contributed by atoms with Crippen LogP contribution in [0.1, 0.15) is 32.1 Å². The number of amides is 2. The number of carbonyl (C=O) groups excluding carboxylic acids is 2. The van der Waals surface area contributed by atoms with Gasteiger partial charge in [0.25, 0.3) is 0 Å². The number of nitrogens with one attached hydrogen (secondary N) is 2. The predicted octanol–water partition coefficient (Wildman–Crippen LogP) is 2.00. The second kappa shape index (κ2) is 7.13. The first-order valence-corrected chi connectivity index (χ1v) is 8.49. The molecule has 1 aliphatic heterocycles. The Hall–Kier alpha value is -1.88. The van der Waals surface area contributed by atoms with Gasteiger partial charge >= 0.3 is 0 Å². The van der Waals surface area contributed by atoms with Gasteiger partial charge in [-0.3, -0.25) is 9.59 Å². The van der Waals surface area contributed by atoms with Gasteiger partial charge in [-0.05, 0) is 37.3 Å². The second-order valence-corrected chi connectivity index (χ2v) is 6.71. The van der Waals surface area contributed by atoms with Crippen LogP contribution in [-0.4, -0.2) is 42.4 Å². The van der Waals surface area contributed by atoms with E-state index in [1.54, 1.807) is 7.05 Å². The summed E-state index contributed by atoms with van der Waals surface area (Å²) < 4.78 is 0. The lowest BCUT2D eigenvalue weighted by atomic mass is 9.85. The molecule has 1 heterocycles. The van der Waals surface area contributed by atoms with Crippen molar-refractivity contribution in [3.63, 3.8) is 0 Å². The number of hydrogen-bond acceptors (Lipinski definition) is 3. The Kier molecular flexibility index (Phi) is 4.96. The van der Waals surface area contributed by atoms with Gasteiger partial charge in [0, 0.05) is 18.8 Å². The highest BCUT2D eigenvalue weighted by Crippen LogP contribution is 2.33. The van der Waals surface area contributed by atoms with Gasteiger partial charge in [-0.25, -0.2) is 0 Å². The molecule has 0 spiro atoms.